The summed E-state index contributed by atoms with van der Waals surface area (Å²) in [6, 6.07) is 0. The molecule has 0 amide bonds. The van der Waals surface area contributed by atoms with Gasteiger partial charge in [0.05, 0.1) is 0 Å². The molecule has 0 aromatic carbocycles. The van der Waals surface area contributed by atoms with E-state index in [2.05, 4.69) is 46.7 Å². The average Bonchev–Trinajstić information content (AvgIpc) is 2.73. The van der Waals surface area contributed by atoms with Crippen molar-refractivity contribution in [3.8, 4) is 5.88 Å². The minimum atomic E-state index is 0.219. The molecule has 0 spiro atoms. The molecule has 0 bridgehead atoms. The summed E-state index contributed by atoms with van der Waals surface area (Å²) in [7, 11) is 0. The van der Waals surface area contributed by atoms with Crippen molar-refractivity contribution in [2.75, 3.05) is 0 Å². The summed E-state index contributed by atoms with van der Waals surface area (Å²) in [5.74, 6) is 1.31. The van der Waals surface area contributed by atoms with Crippen LogP contribution >= 0.6 is 15.9 Å². The first-order valence-electron chi connectivity index (χ1n) is 7.09. The lowest BCUT2D eigenvalue weighted by atomic mass is 9.71. The molecule has 5 heteroatoms. The lowest BCUT2D eigenvalue weighted by Gasteiger charge is -2.38. The van der Waals surface area contributed by atoms with Gasteiger partial charge in [-0.1, -0.05) is 20.8 Å². The fourth-order valence-corrected chi connectivity index (χ4v) is 3.84. The highest BCUT2D eigenvalue weighted by molar-refractivity contribution is 9.10. The SMILES string of the molecule is CC1CC(Oc2nc(Br)cn3ccnc23)CC(C)(C)C1. The predicted molar refractivity (Wildman–Crippen MR) is 81.9 cm³/mol. The van der Waals surface area contributed by atoms with E-state index in [9.17, 15) is 0 Å². The van der Waals surface area contributed by atoms with Crippen molar-refractivity contribution in [3.05, 3.63) is 23.2 Å². The quantitative estimate of drug-likeness (QED) is 0.828. The Balaban J connectivity index is 1.87. The number of halogens is 1. The minimum Gasteiger partial charge on any atom is -0.472 e. The standard InChI is InChI=1S/C15H20BrN3O/c1-10-6-11(8-15(2,3)7-10)20-14-13-17-4-5-19(13)9-12(16)18-14/h4-5,9-11H,6-8H2,1-3H3. The number of aromatic nitrogens is 3. The summed E-state index contributed by atoms with van der Waals surface area (Å²) in [6.07, 6.45) is 9.20. The first kappa shape index (κ1) is 13.9. The van der Waals surface area contributed by atoms with Crippen molar-refractivity contribution >= 4 is 21.6 Å². The Labute approximate surface area is 127 Å². The highest BCUT2D eigenvalue weighted by atomic mass is 79.9. The molecule has 2 unspecified atom stereocenters. The predicted octanol–water partition coefficient (Wildman–Crippen LogP) is 4.09. The minimum absolute atomic E-state index is 0.219. The van der Waals surface area contributed by atoms with Crippen LogP contribution in [0.3, 0.4) is 0 Å². The summed E-state index contributed by atoms with van der Waals surface area (Å²) >= 11 is 3.43. The summed E-state index contributed by atoms with van der Waals surface area (Å²) in [6.45, 7) is 6.94. The molecule has 1 fully saturated rings. The number of imidazole rings is 1. The third-order valence-electron chi connectivity index (χ3n) is 3.94. The van der Waals surface area contributed by atoms with E-state index in [0.717, 1.165) is 23.1 Å². The molecule has 3 rings (SSSR count). The van der Waals surface area contributed by atoms with E-state index >= 15 is 0 Å². The summed E-state index contributed by atoms with van der Waals surface area (Å²) in [5.41, 5.74) is 1.12. The van der Waals surface area contributed by atoms with Crippen molar-refractivity contribution in [1.29, 1.82) is 0 Å². The van der Waals surface area contributed by atoms with Crippen LogP contribution in [-0.4, -0.2) is 20.5 Å². The summed E-state index contributed by atoms with van der Waals surface area (Å²) < 4.78 is 8.89. The van der Waals surface area contributed by atoms with Crippen LogP contribution in [0, 0.1) is 11.3 Å². The zero-order valence-electron chi connectivity index (χ0n) is 12.1. The zero-order valence-corrected chi connectivity index (χ0v) is 13.7. The Morgan fingerprint density at radius 1 is 1.40 bits per heavy atom. The largest absolute Gasteiger partial charge is 0.472 e. The first-order chi connectivity index (χ1) is 9.43. The number of rotatable bonds is 2. The van der Waals surface area contributed by atoms with Gasteiger partial charge in [0.2, 0.25) is 5.65 Å². The normalized spacial score (nSPS) is 25.8. The van der Waals surface area contributed by atoms with Crippen molar-refractivity contribution in [2.45, 2.75) is 46.1 Å². The Kier molecular flexibility index (Phi) is 3.48. The number of fused-ring (bicyclic) bond motifs is 1. The van der Waals surface area contributed by atoms with Gasteiger partial charge in [-0.25, -0.2) is 9.97 Å². The first-order valence-corrected chi connectivity index (χ1v) is 7.88. The molecule has 108 valence electrons. The van der Waals surface area contributed by atoms with E-state index in [1.807, 2.05) is 16.8 Å². The Bertz CT molecular complexity index is 623. The second-order valence-corrected chi connectivity index (χ2v) is 7.49. The molecule has 0 radical (unpaired) electrons. The third kappa shape index (κ3) is 2.82. The Morgan fingerprint density at radius 3 is 2.95 bits per heavy atom. The molecular weight excluding hydrogens is 318 g/mol. The van der Waals surface area contributed by atoms with E-state index in [-0.39, 0.29) is 6.10 Å². The van der Waals surface area contributed by atoms with Crippen molar-refractivity contribution in [1.82, 2.24) is 14.4 Å². The van der Waals surface area contributed by atoms with Gasteiger partial charge in [-0.3, -0.25) is 4.40 Å². The van der Waals surface area contributed by atoms with Crippen LogP contribution < -0.4 is 4.74 Å². The molecule has 0 aliphatic heterocycles. The van der Waals surface area contributed by atoms with E-state index in [0.29, 0.717) is 17.2 Å². The van der Waals surface area contributed by atoms with Gasteiger partial charge >= 0.3 is 0 Å². The van der Waals surface area contributed by atoms with E-state index < -0.39 is 0 Å². The zero-order chi connectivity index (χ0) is 14.3. The smallest absolute Gasteiger partial charge is 0.259 e. The maximum Gasteiger partial charge on any atom is 0.259 e. The molecule has 0 saturated heterocycles. The fourth-order valence-electron chi connectivity index (χ4n) is 3.46. The topological polar surface area (TPSA) is 39.4 Å². The number of nitrogens with zero attached hydrogens (tertiary/aromatic N) is 3. The highest BCUT2D eigenvalue weighted by Gasteiger charge is 2.33. The molecule has 1 aliphatic carbocycles. The number of hydrogen-bond donors (Lipinski definition) is 0. The Morgan fingerprint density at radius 2 is 2.20 bits per heavy atom. The van der Waals surface area contributed by atoms with Gasteiger partial charge in [-0.2, -0.15) is 0 Å². The average molecular weight is 338 g/mol. The van der Waals surface area contributed by atoms with Gasteiger partial charge in [-0.15, -0.1) is 0 Å². The van der Waals surface area contributed by atoms with Gasteiger partial charge in [-0.05, 0) is 46.5 Å². The molecule has 2 atom stereocenters. The molecule has 0 N–H and O–H groups in total. The molecule has 2 aromatic rings. The van der Waals surface area contributed by atoms with Crippen LogP contribution in [0.25, 0.3) is 5.65 Å². The second kappa shape index (κ2) is 5.02. The van der Waals surface area contributed by atoms with Crippen molar-refractivity contribution in [3.63, 3.8) is 0 Å². The lowest BCUT2D eigenvalue weighted by molar-refractivity contribution is 0.0538. The van der Waals surface area contributed by atoms with Gasteiger partial charge in [0.1, 0.15) is 10.7 Å². The monoisotopic (exact) mass is 337 g/mol. The molecule has 4 nitrogen and oxygen atoms in total. The summed E-state index contributed by atoms with van der Waals surface area (Å²) in [4.78, 5) is 8.79. The van der Waals surface area contributed by atoms with Crippen molar-refractivity contribution in [2.24, 2.45) is 11.3 Å². The molecule has 1 aliphatic rings. The van der Waals surface area contributed by atoms with Crippen LogP contribution in [-0.2, 0) is 0 Å². The van der Waals surface area contributed by atoms with Gasteiger partial charge in [0, 0.05) is 18.6 Å². The van der Waals surface area contributed by atoms with Gasteiger partial charge in [0.25, 0.3) is 5.88 Å². The van der Waals surface area contributed by atoms with Crippen LogP contribution in [0.5, 0.6) is 5.88 Å². The van der Waals surface area contributed by atoms with Crippen LogP contribution in [0.2, 0.25) is 0 Å². The highest BCUT2D eigenvalue weighted by Crippen LogP contribution is 2.40. The molecular formula is C15H20BrN3O. The molecule has 2 heterocycles. The van der Waals surface area contributed by atoms with Crippen molar-refractivity contribution < 1.29 is 4.74 Å². The third-order valence-corrected chi connectivity index (χ3v) is 4.32. The molecule has 20 heavy (non-hydrogen) atoms. The fraction of sp³-hybridized carbons (Fsp3) is 0.600. The summed E-state index contributed by atoms with van der Waals surface area (Å²) in [5, 5.41) is 0. The number of ether oxygens (including phenoxy) is 1. The number of hydrogen-bond acceptors (Lipinski definition) is 3. The van der Waals surface area contributed by atoms with Gasteiger partial charge in [0.15, 0.2) is 0 Å². The van der Waals surface area contributed by atoms with Gasteiger partial charge < -0.3 is 4.74 Å². The van der Waals surface area contributed by atoms with Crippen LogP contribution in [0.4, 0.5) is 0 Å². The maximum atomic E-state index is 6.19. The molecule has 2 aromatic heterocycles. The van der Waals surface area contributed by atoms with E-state index in [1.165, 1.54) is 6.42 Å². The van der Waals surface area contributed by atoms with E-state index in [4.69, 9.17) is 4.74 Å². The molecule has 1 saturated carbocycles. The maximum absolute atomic E-state index is 6.19. The van der Waals surface area contributed by atoms with Crippen LogP contribution in [0.1, 0.15) is 40.0 Å². The lowest BCUT2D eigenvalue weighted by Crippen LogP contribution is -2.34. The Hall–Kier alpha value is -1.10. The second-order valence-electron chi connectivity index (χ2n) is 6.68. The van der Waals surface area contributed by atoms with E-state index in [1.54, 1.807) is 6.20 Å². The van der Waals surface area contributed by atoms with Crippen LogP contribution in [0.15, 0.2) is 23.2 Å².